The van der Waals surface area contributed by atoms with Crippen molar-refractivity contribution < 1.29 is 9.18 Å². The number of aromatic nitrogens is 5. The Hall–Kier alpha value is -4.04. The average Bonchev–Trinajstić information content (AvgIpc) is 3.31. The minimum atomic E-state index is -0.392. The summed E-state index contributed by atoms with van der Waals surface area (Å²) in [6.07, 6.45) is 1.74. The molecule has 0 saturated carbocycles. The molecule has 0 aliphatic carbocycles. The van der Waals surface area contributed by atoms with Crippen LogP contribution in [-0.2, 0) is 17.9 Å². The van der Waals surface area contributed by atoms with Crippen molar-refractivity contribution in [2.45, 2.75) is 40.8 Å². The van der Waals surface area contributed by atoms with Crippen LogP contribution in [0.25, 0.3) is 22.2 Å². The zero-order chi connectivity index (χ0) is 26.3. The van der Waals surface area contributed by atoms with E-state index in [2.05, 4.69) is 45.6 Å². The van der Waals surface area contributed by atoms with Gasteiger partial charge >= 0.3 is 0 Å². The highest BCUT2D eigenvalue weighted by molar-refractivity contribution is 6.31. The molecule has 0 fully saturated rings. The fourth-order valence-electron chi connectivity index (χ4n) is 4.60. The van der Waals surface area contributed by atoms with Crippen LogP contribution in [0.2, 0.25) is 5.02 Å². The molecule has 5 rings (SSSR count). The van der Waals surface area contributed by atoms with Crippen LogP contribution >= 0.6 is 11.6 Å². The summed E-state index contributed by atoms with van der Waals surface area (Å²) in [7, 11) is 0. The summed E-state index contributed by atoms with van der Waals surface area (Å²) in [5, 5.41) is 13.4. The summed E-state index contributed by atoms with van der Waals surface area (Å²) < 4.78 is 16.8. The molecule has 3 aromatic heterocycles. The van der Waals surface area contributed by atoms with Crippen LogP contribution in [0.5, 0.6) is 0 Å². The highest BCUT2D eigenvalue weighted by Gasteiger charge is 2.19. The molecular weight excluding hydrogens is 491 g/mol. The van der Waals surface area contributed by atoms with E-state index in [9.17, 15) is 9.18 Å². The molecule has 188 valence electrons. The second-order valence-corrected chi connectivity index (χ2v) is 9.56. The van der Waals surface area contributed by atoms with Gasteiger partial charge in [-0.25, -0.2) is 14.1 Å². The molecule has 9 heteroatoms. The lowest BCUT2D eigenvalue weighted by molar-refractivity contribution is -0.116. The molecule has 0 radical (unpaired) electrons. The molecule has 0 spiro atoms. The van der Waals surface area contributed by atoms with Crippen molar-refractivity contribution in [2.75, 3.05) is 5.32 Å². The highest BCUT2D eigenvalue weighted by Crippen LogP contribution is 2.30. The Morgan fingerprint density at radius 2 is 1.78 bits per heavy atom. The Bertz CT molecular complexity index is 1650. The first-order valence-electron chi connectivity index (χ1n) is 11.9. The van der Waals surface area contributed by atoms with Gasteiger partial charge in [-0.1, -0.05) is 47.5 Å². The number of rotatable bonds is 6. The molecule has 3 heterocycles. The maximum Gasteiger partial charge on any atom is 0.246 e. The van der Waals surface area contributed by atoms with Gasteiger partial charge in [0.05, 0.1) is 29.3 Å². The first kappa shape index (κ1) is 24.6. The number of anilines is 1. The summed E-state index contributed by atoms with van der Waals surface area (Å²) in [6, 6.07) is 14.5. The molecule has 5 aromatic rings. The van der Waals surface area contributed by atoms with Crippen molar-refractivity contribution in [2.24, 2.45) is 0 Å². The number of carbonyl (C=O) groups is 1. The molecular formula is C28H26ClFN6O. The normalized spacial score (nSPS) is 11.3. The van der Waals surface area contributed by atoms with Crippen molar-refractivity contribution in [1.29, 1.82) is 0 Å². The van der Waals surface area contributed by atoms with Crippen LogP contribution in [0.4, 0.5) is 10.1 Å². The van der Waals surface area contributed by atoms with Gasteiger partial charge in [0, 0.05) is 16.6 Å². The predicted molar refractivity (Wildman–Crippen MR) is 143 cm³/mol. The monoisotopic (exact) mass is 516 g/mol. The third kappa shape index (κ3) is 4.84. The number of benzene rings is 2. The van der Waals surface area contributed by atoms with Gasteiger partial charge in [-0.2, -0.15) is 10.2 Å². The minimum absolute atomic E-state index is 0.00244. The zero-order valence-electron chi connectivity index (χ0n) is 21.0. The summed E-state index contributed by atoms with van der Waals surface area (Å²) >= 11 is 6.19. The third-order valence-electron chi connectivity index (χ3n) is 6.41. The maximum absolute atomic E-state index is 13.4. The number of pyridine rings is 1. The van der Waals surface area contributed by atoms with E-state index >= 15 is 0 Å². The van der Waals surface area contributed by atoms with Crippen LogP contribution in [-0.4, -0.2) is 30.5 Å². The minimum Gasteiger partial charge on any atom is -0.321 e. The van der Waals surface area contributed by atoms with Crippen molar-refractivity contribution in [3.63, 3.8) is 0 Å². The third-order valence-corrected chi connectivity index (χ3v) is 6.76. The van der Waals surface area contributed by atoms with Gasteiger partial charge in [0.1, 0.15) is 12.4 Å². The van der Waals surface area contributed by atoms with E-state index in [0.29, 0.717) is 28.6 Å². The number of hydrogen-bond acceptors (Lipinski definition) is 4. The maximum atomic E-state index is 13.4. The van der Waals surface area contributed by atoms with Gasteiger partial charge in [-0.15, -0.1) is 0 Å². The van der Waals surface area contributed by atoms with Crippen LogP contribution in [0, 0.1) is 33.5 Å². The van der Waals surface area contributed by atoms with Crippen molar-refractivity contribution >= 4 is 34.2 Å². The van der Waals surface area contributed by atoms with E-state index < -0.39 is 5.82 Å². The second-order valence-electron chi connectivity index (χ2n) is 9.16. The van der Waals surface area contributed by atoms with Crippen molar-refractivity contribution in [3.8, 4) is 11.1 Å². The Morgan fingerprint density at radius 3 is 2.54 bits per heavy atom. The number of amides is 1. The number of carbonyl (C=O) groups excluding carboxylic acids is 1. The largest absolute Gasteiger partial charge is 0.321 e. The molecule has 2 aromatic carbocycles. The standard InChI is InChI=1S/C28H26ClFN6O/c1-16-6-5-7-20(12-16)23-10-11-31-28-26(23)17(2)33-36(28)15-25(37)32-27-18(3)34-35(19(27)4)14-21-8-9-22(30)13-24(21)29/h5-13H,14-15H2,1-4H3,(H,32,37). The first-order valence-corrected chi connectivity index (χ1v) is 12.3. The van der Waals surface area contributed by atoms with Gasteiger partial charge in [0.2, 0.25) is 5.91 Å². The summed E-state index contributed by atoms with van der Waals surface area (Å²) in [6.45, 7) is 8.04. The lowest BCUT2D eigenvalue weighted by Crippen LogP contribution is -2.20. The molecule has 0 unspecified atom stereocenters. The molecule has 1 N–H and O–H groups in total. The van der Waals surface area contributed by atoms with Gasteiger partial charge in [0.25, 0.3) is 0 Å². The Morgan fingerprint density at radius 1 is 1.00 bits per heavy atom. The van der Waals surface area contributed by atoms with Gasteiger partial charge in [0.15, 0.2) is 5.65 Å². The Labute approximate surface area is 218 Å². The fourth-order valence-corrected chi connectivity index (χ4v) is 4.83. The number of halogens is 2. The molecule has 0 aliphatic heterocycles. The molecule has 37 heavy (non-hydrogen) atoms. The van der Waals surface area contributed by atoms with Gasteiger partial charge in [-0.05, 0) is 62.6 Å². The van der Waals surface area contributed by atoms with Crippen molar-refractivity contribution in [1.82, 2.24) is 24.5 Å². The topological polar surface area (TPSA) is 77.6 Å². The quantitative estimate of drug-likeness (QED) is 0.300. The van der Waals surface area contributed by atoms with E-state index in [1.54, 1.807) is 21.6 Å². The van der Waals surface area contributed by atoms with Crippen LogP contribution < -0.4 is 5.32 Å². The molecule has 0 saturated heterocycles. The first-order chi connectivity index (χ1) is 17.7. The van der Waals surface area contributed by atoms with Crippen LogP contribution in [0.1, 0.15) is 28.2 Å². The number of fused-ring (bicyclic) bond motifs is 1. The fraction of sp³-hybridized carbons (Fsp3) is 0.214. The van der Waals surface area contributed by atoms with Gasteiger partial charge in [-0.3, -0.25) is 9.48 Å². The Balaban J connectivity index is 1.39. The number of nitrogens with zero attached hydrogens (tertiary/aromatic N) is 5. The summed E-state index contributed by atoms with van der Waals surface area (Å²) in [5.41, 5.74) is 7.55. The van der Waals surface area contributed by atoms with E-state index in [1.807, 2.05) is 32.9 Å². The van der Waals surface area contributed by atoms with E-state index in [4.69, 9.17) is 11.6 Å². The van der Waals surface area contributed by atoms with Crippen molar-refractivity contribution in [3.05, 3.63) is 93.8 Å². The lowest BCUT2D eigenvalue weighted by Gasteiger charge is -2.09. The van der Waals surface area contributed by atoms with E-state index in [1.165, 1.54) is 17.7 Å². The summed E-state index contributed by atoms with van der Waals surface area (Å²) in [4.78, 5) is 17.6. The predicted octanol–water partition coefficient (Wildman–Crippen LogP) is 6.01. The number of hydrogen-bond donors (Lipinski definition) is 1. The van der Waals surface area contributed by atoms with Crippen LogP contribution in [0.3, 0.4) is 0 Å². The smallest absolute Gasteiger partial charge is 0.246 e. The van der Waals surface area contributed by atoms with E-state index in [0.717, 1.165) is 33.5 Å². The SMILES string of the molecule is Cc1cccc(-c2ccnc3c2c(C)nn3CC(=O)Nc2c(C)nn(Cc3ccc(F)cc3Cl)c2C)c1. The highest BCUT2D eigenvalue weighted by atomic mass is 35.5. The lowest BCUT2D eigenvalue weighted by atomic mass is 10.0. The molecule has 7 nitrogen and oxygen atoms in total. The molecule has 0 bridgehead atoms. The summed E-state index contributed by atoms with van der Waals surface area (Å²) in [5.74, 6) is -0.630. The average molecular weight is 517 g/mol. The number of aryl methyl sites for hydroxylation is 3. The molecule has 1 amide bonds. The van der Waals surface area contributed by atoms with E-state index in [-0.39, 0.29) is 12.5 Å². The second kappa shape index (κ2) is 9.78. The van der Waals surface area contributed by atoms with Gasteiger partial charge < -0.3 is 5.32 Å². The van der Waals surface area contributed by atoms with Crippen LogP contribution in [0.15, 0.2) is 54.7 Å². The zero-order valence-corrected chi connectivity index (χ0v) is 21.8. The number of nitrogens with one attached hydrogen (secondary N) is 1. The Kier molecular flexibility index (Phi) is 6.52. The molecule has 0 aliphatic rings. The molecule has 0 atom stereocenters.